The second kappa shape index (κ2) is 8.58. The van der Waals surface area contributed by atoms with E-state index in [1.54, 1.807) is 0 Å². The second-order valence-electron chi connectivity index (χ2n) is 6.32. The topological polar surface area (TPSA) is 90.5 Å². The Hall–Kier alpha value is -2.98. The van der Waals surface area contributed by atoms with Gasteiger partial charge in [-0.05, 0) is 31.2 Å². The van der Waals surface area contributed by atoms with Gasteiger partial charge in [0.25, 0.3) is 0 Å². The van der Waals surface area contributed by atoms with Gasteiger partial charge < -0.3 is 4.57 Å². The molecule has 148 valence electrons. The minimum absolute atomic E-state index is 0.155. The molecule has 0 atom stereocenters. The third-order valence-corrected chi connectivity index (χ3v) is 5.89. The number of aryl methyl sites for hydroxylation is 2. The van der Waals surface area contributed by atoms with Crippen molar-refractivity contribution in [3.8, 4) is 5.69 Å². The fourth-order valence-corrected chi connectivity index (χ4v) is 4.20. The van der Waals surface area contributed by atoms with Crippen LogP contribution in [0.4, 0.5) is 5.13 Å². The van der Waals surface area contributed by atoms with Gasteiger partial charge in [-0.25, -0.2) is 0 Å². The molecule has 10 heteroatoms. The minimum Gasteiger partial charge on any atom is -0.354 e. The maximum atomic E-state index is 12.3. The van der Waals surface area contributed by atoms with E-state index in [2.05, 4.69) is 36.3 Å². The fourth-order valence-electron chi connectivity index (χ4n) is 2.82. The molecule has 3 aromatic heterocycles. The number of aromatic nitrogens is 6. The first-order valence-electron chi connectivity index (χ1n) is 8.93. The van der Waals surface area contributed by atoms with Crippen molar-refractivity contribution in [2.45, 2.75) is 18.5 Å². The molecule has 4 rings (SSSR count). The molecule has 0 bridgehead atoms. The highest BCUT2D eigenvalue weighted by atomic mass is 32.2. The molecule has 0 aliphatic heterocycles. The van der Waals surface area contributed by atoms with E-state index >= 15 is 0 Å². The molecule has 1 aromatic carbocycles. The lowest BCUT2D eigenvalue weighted by Crippen LogP contribution is -2.14. The Morgan fingerprint density at radius 2 is 1.93 bits per heavy atom. The SMILES string of the molecule is Cc1nnc(NC(=O)CSc2nnc(Cc3cccn3C)n2-c2ccccc2)s1. The first-order chi connectivity index (χ1) is 14.1. The van der Waals surface area contributed by atoms with E-state index in [0.717, 1.165) is 22.2 Å². The maximum absolute atomic E-state index is 12.3. The van der Waals surface area contributed by atoms with Gasteiger partial charge in [-0.15, -0.1) is 20.4 Å². The van der Waals surface area contributed by atoms with E-state index < -0.39 is 0 Å². The van der Waals surface area contributed by atoms with Crippen molar-refractivity contribution in [3.05, 3.63) is 65.2 Å². The first-order valence-corrected chi connectivity index (χ1v) is 10.7. The number of benzene rings is 1. The summed E-state index contributed by atoms with van der Waals surface area (Å²) in [6.45, 7) is 1.85. The Morgan fingerprint density at radius 1 is 1.10 bits per heavy atom. The number of rotatable bonds is 7. The van der Waals surface area contributed by atoms with Gasteiger partial charge in [0.1, 0.15) is 10.8 Å². The van der Waals surface area contributed by atoms with Crippen LogP contribution in [0.3, 0.4) is 0 Å². The average Bonchev–Trinajstić information content (AvgIpc) is 3.42. The number of hydrogen-bond acceptors (Lipinski definition) is 7. The summed E-state index contributed by atoms with van der Waals surface area (Å²) in [6.07, 6.45) is 2.65. The van der Waals surface area contributed by atoms with Crippen molar-refractivity contribution >= 4 is 34.1 Å². The van der Waals surface area contributed by atoms with Crippen LogP contribution in [0, 0.1) is 6.92 Å². The number of anilines is 1. The number of nitrogens with one attached hydrogen (secondary N) is 1. The first kappa shape index (κ1) is 19.3. The molecule has 3 heterocycles. The summed E-state index contributed by atoms with van der Waals surface area (Å²) in [4.78, 5) is 12.3. The number of para-hydroxylation sites is 1. The van der Waals surface area contributed by atoms with Crippen LogP contribution in [0.5, 0.6) is 0 Å². The molecule has 8 nitrogen and oxygen atoms in total. The van der Waals surface area contributed by atoms with Crippen LogP contribution in [-0.2, 0) is 18.3 Å². The van der Waals surface area contributed by atoms with Gasteiger partial charge >= 0.3 is 0 Å². The molecule has 1 amide bonds. The maximum Gasteiger partial charge on any atom is 0.236 e. The lowest BCUT2D eigenvalue weighted by Gasteiger charge is -2.10. The fraction of sp³-hybridized carbons (Fsp3) is 0.211. The summed E-state index contributed by atoms with van der Waals surface area (Å²) in [5.74, 6) is 0.867. The molecule has 4 aromatic rings. The van der Waals surface area contributed by atoms with Crippen LogP contribution < -0.4 is 5.32 Å². The summed E-state index contributed by atoms with van der Waals surface area (Å²) < 4.78 is 4.06. The van der Waals surface area contributed by atoms with Crippen LogP contribution in [0.2, 0.25) is 0 Å². The van der Waals surface area contributed by atoms with E-state index in [1.807, 2.05) is 61.1 Å². The van der Waals surface area contributed by atoms with Crippen LogP contribution in [0.15, 0.2) is 53.8 Å². The number of carbonyl (C=O) groups excluding carboxylic acids is 1. The Bertz CT molecular complexity index is 1120. The van der Waals surface area contributed by atoms with Crippen molar-refractivity contribution in [2.24, 2.45) is 7.05 Å². The summed E-state index contributed by atoms with van der Waals surface area (Å²) in [7, 11) is 2.01. The third-order valence-electron chi connectivity index (χ3n) is 4.21. The number of amides is 1. The molecule has 0 aliphatic carbocycles. The largest absolute Gasteiger partial charge is 0.354 e. The van der Waals surface area contributed by atoms with Crippen molar-refractivity contribution in [1.82, 2.24) is 29.5 Å². The molecular weight excluding hydrogens is 406 g/mol. The van der Waals surface area contributed by atoms with Gasteiger partial charge in [-0.2, -0.15) is 0 Å². The average molecular weight is 426 g/mol. The highest BCUT2D eigenvalue weighted by Crippen LogP contribution is 2.24. The molecule has 0 radical (unpaired) electrons. The molecule has 0 spiro atoms. The van der Waals surface area contributed by atoms with E-state index in [9.17, 15) is 4.79 Å². The Kier molecular flexibility index (Phi) is 5.72. The predicted molar refractivity (Wildman–Crippen MR) is 114 cm³/mol. The normalized spacial score (nSPS) is 11.0. The lowest BCUT2D eigenvalue weighted by atomic mass is 10.2. The zero-order valence-corrected chi connectivity index (χ0v) is 17.6. The summed E-state index contributed by atoms with van der Waals surface area (Å²) >= 11 is 2.69. The lowest BCUT2D eigenvalue weighted by molar-refractivity contribution is -0.113. The van der Waals surface area contributed by atoms with Gasteiger partial charge in [-0.3, -0.25) is 14.7 Å². The number of carbonyl (C=O) groups is 1. The van der Waals surface area contributed by atoms with Crippen LogP contribution >= 0.6 is 23.1 Å². The standard InChI is InChI=1S/C19H19N7OS2/c1-13-21-23-18(29-13)20-17(27)12-28-19-24-22-16(11-15-9-6-10-25(15)2)26(19)14-7-4-3-5-8-14/h3-10H,11-12H2,1-2H3,(H,20,23,27). The molecule has 29 heavy (non-hydrogen) atoms. The van der Waals surface area contributed by atoms with E-state index in [-0.39, 0.29) is 11.7 Å². The van der Waals surface area contributed by atoms with E-state index in [0.29, 0.717) is 16.7 Å². The molecule has 0 unspecified atom stereocenters. The molecule has 0 saturated heterocycles. The van der Waals surface area contributed by atoms with E-state index in [4.69, 9.17) is 0 Å². The Balaban J connectivity index is 1.54. The Labute approximate surface area is 176 Å². The van der Waals surface area contributed by atoms with Crippen molar-refractivity contribution in [3.63, 3.8) is 0 Å². The molecule has 1 N–H and O–H groups in total. The summed E-state index contributed by atoms with van der Waals surface area (Å²) in [6, 6.07) is 14.0. The minimum atomic E-state index is -0.155. The molecule has 0 saturated carbocycles. The van der Waals surface area contributed by atoms with Crippen LogP contribution in [-0.4, -0.2) is 41.2 Å². The van der Waals surface area contributed by atoms with Crippen molar-refractivity contribution in [1.29, 1.82) is 0 Å². The molecule has 0 fully saturated rings. The van der Waals surface area contributed by atoms with Crippen LogP contribution in [0.25, 0.3) is 5.69 Å². The highest BCUT2D eigenvalue weighted by molar-refractivity contribution is 7.99. The predicted octanol–water partition coefficient (Wildman–Crippen LogP) is 3.09. The van der Waals surface area contributed by atoms with Gasteiger partial charge in [0.05, 0.1) is 5.75 Å². The quantitative estimate of drug-likeness (QED) is 0.458. The highest BCUT2D eigenvalue weighted by Gasteiger charge is 2.17. The van der Waals surface area contributed by atoms with Gasteiger partial charge in [-0.1, -0.05) is 41.3 Å². The second-order valence-corrected chi connectivity index (χ2v) is 8.44. The third kappa shape index (κ3) is 4.54. The van der Waals surface area contributed by atoms with Crippen molar-refractivity contribution in [2.75, 3.05) is 11.1 Å². The molecule has 0 aliphatic rings. The summed E-state index contributed by atoms with van der Waals surface area (Å²) in [5.41, 5.74) is 2.10. The number of nitrogens with zero attached hydrogens (tertiary/aromatic N) is 6. The summed E-state index contributed by atoms with van der Waals surface area (Å²) in [5, 5.41) is 21.3. The zero-order valence-electron chi connectivity index (χ0n) is 15.9. The van der Waals surface area contributed by atoms with Crippen LogP contribution in [0.1, 0.15) is 16.5 Å². The van der Waals surface area contributed by atoms with Crippen molar-refractivity contribution < 1.29 is 4.79 Å². The number of hydrogen-bond donors (Lipinski definition) is 1. The van der Waals surface area contributed by atoms with Gasteiger partial charge in [0.15, 0.2) is 5.16 Å². The van der Waals surface area contributed by atoms with Gasteiger partial charge in [0.2, 0.25) is 11.0 Å². The zero-order chi connectivity index (χ0) is 20.2. The van der Waals surface area contributed by atoms with E-state index in [1.165, 1.54) is 23.1 Å². The number of thioether (sulfide) groups is 1. The van der Waals surface area contributed by atoms with Gasteiger partial charge in [0, 0.05) is 31.0 Å². The molecular formula is C19H19N7OS2. The monoisotopic (exact) mass is 425 g/mol. The Morgan fingerprint density at radius 3 is 2.62 bits per heavy atom. The smallest absolute Gasteiger partial charge is 0.236 e.